The third-order valence-corrected chi connectivity index (χ3v) is 5.31. The van der Waals surface area contributed by atoms with E-state index < -0.39 is 0 Å². The number of carbonyl (C=O) groups excluding carboxylic acids is 1. The first-order valence-corrected chi connectivity index (χ1v) is 8.98. The van der Waals surface area contributed by atoms with Crippen LogP contribution in [0.1, 0.15) is 68.2 Å². The van der Waals surface area contributed by atoms with E-state index in [0.717, 1.165) is 44.5 Å². The zero-order valence-electron chi connectivity index (χ0n) is 14.9. The van der Waals surface area contributed by atoms with Crippen LogP contribution in [-0.4, -0.2) is 40.0 Å². The molecule has 0 radical (unpaired) electrons. The van der Waals surface area contributed by atoms with Gasteiger partial charge >= 0.3 is 0 Å². The molecule has 136 valence electrons. The number of hydrogen-bond acceptors (Lipinski definition) is 4. The van der Waals surface area contributed by atoms with Crippen LogP contribution in [0.15, 0.2) is 0 Å². The molecular weight excluding hydrogens is 326 g/mol. The average molecular weight is 356 g/mol. The molecule has 2 aliphatic rings. The zero-order valence-corrected chi connectivity index (χ0v) is 15.7. The van der Waals surface area contributed by atoms with E-state index in [4.69, 9.17) is 0 Å². The summed E-state index contributed by atoms with van der Waals surface area (Å²) in [6, 6.07) is 0.629. The largest absolute Gasteiger partial charge is 0.348 e. The van der Waals surface area contributed by atoms with E-state index in [9.17, 15) is 4.79 Å². The Balaban J connectivity index is 0.00000208. The maximum Gasteiger partial charge on any atom is 0.273 e. The average Bonchev–Trinajstić information content (AvgIpc) is 2.89. The molecule has 6 nitrogen and oxygen atoms in total. The summed E-state index contributed by atoms with van der Waals surface area (Å²) in [6.45, 7) is 8.51. The van der Waals surface area contributed by atoms with Crippen molar-refractivity contribution in [3.8, 4) is 0 Å². The van der Waals surface area contributed by atoms with Crippen LogP contribution >= 0.6 is 12.4 Å². The first kappa shape index (κ1) is 19.2. The molecular formula is C17H30ClN5O. The molecule has 1 aromatic heterocycles. The van der Waals surface area contributed by atoms with Crippen LogP contribution < -0.4 is 10.6 Å². The molecule has 3 rings (SSSR count). The summed E-state index contributed by atoms with van der Waals surface area (Å²) in [5, 5.41) is 15.0. The molecule has 0 aromatic carbocycles. The Morgan fingerprint density at radius 3 is 2.42 bits per heavy atom. The molecule has 1 saturated heterocycles. The lowest BCUT2D eigenvalue weighted by molar-refractivity contribution is 0.0905. The Morgan fingerprint density at radius 1 is 1.17 bits per heavy atom. The van der Waals surface area contributed by atoms with Crippen molar-refractivity contribution >= 4 is 18.3 Å². The second kappa shape index (κ2) is 8.30. The molecule has 0 spiro atoms. The Kier molecular flexibility index (Phi) is 6.63. The molecule has 24 heavy (non-hydrogen) atoms. The van der Waals surface area contributed by atoms with Crippen molar-refractivity contribution in [2.24, 2.45) is 11.8 Å². The maximum atomic E-state index is 12.6. The van der Waals surface area contributed by atoms with Crippen LogP contribution in [0.25, 0.3) is 0 Å². The zero-order chi connectivity index (χ0) is 16.4. The number of nitrogens with one attached hydrogen (secondary N) is 2. The van der Waals surface area contributed by atoms with Crippen molar-refractivity contribution in [2.45, 2.75) is 65.0 Å². The van der Waals surface area contributed by atoms with Gasteiger partial charge in [-0.05, 0) is 64.0 Å². The molecule has 7 heteroatoms. The van der Waals surface area contributed by atoms with Gasteiger partial charge in [0.25, 0.3) is 5.91 Å². The summed E-state index contributed by atoms with van der Waals surface area (Å²) in [6.07, 6.45) is 5.48. The fraction of sp³-hybridized carbons (Fsp3) is 0.824. The number of halogens is 1. The predicted octanol–water partition coefficient (Wildman–Crippen LogP) is 2.49. The van der Waals surface area contributed by atoms with E-state index in [1.807, 2.05) is 11.6 Å². The lowest BCUT2D eigenvalue weighted by Crippen LogP contribution is -2.40. The van der Waals surface area contributed by atoms with Gasteiger partial charge in [0, 0.05) is 6.04 Å². The van der Waals surface area contributed by atoms with Gasteiger partial charge in [-0.1, -0.05) is 19.1 Å². The number of aromatic nitrogens is 3. The first-order chi connectivity index (χ1) is 11.0. The summed E-state index contributed by atoms with van der Waals surface area (Å²) in [5.41, 5.74) is 1.39. The van der Waals surface area contributed by atoms with Crippen LogP contribution in [0.3, 0.4) is 0 Å². The molecule has 0 bridgehead atoms. The molecule has 1 aliphatic carbocycles. The molecule has 1 amide bonds. The van der Waals surface area contributed by atoms with Gasteiger partial charge in [0.15, 0.2) is 5.69 Å². The monoisotopic (exact) mass is 355 g/mol. The fourth-order valence-corrected chi connectivity index (χ4v) is 4.27. The van der Waals surface area contributed by atoms with Gasteiger partial charge in [0.05, 0.1) is 11.7 Å². The van der Waals surface area contributed by atoms with Crippen LogP contribution in [-0.2, 0) is 0 Å². The Hall–Kier alpha value is -1.14. The van der Waals surface area contributed by atoms with Gasteiger partial charge in [-0.15, -0.1) is 17.5 Å². The van der Waals surface area contributed by atoms with E-state index in [1.165, 1.54) is 6.42 Å². The van der Waals surface area contributed by atoms with E-state index in [-0.39, 0.29) is 24.4 Å². The van der Waals surface area contributed by atoms with Crippen molar-refractivity contribution in [3.63, 3.8) is 0 Å². The second-order valence-corrected chi connectivity index (χ2v) is 7.54. The predicted molar refractivity (Wildman–Crippen MR) is 96.6 cm³/mol. The number of piperidine rings is 1. The number of carbonyl (C=O) groups is 1. The first-order valence-electron chi connectivity index (χ1n) is 8.98. The van der Waals surface area contributed by atoms with Gasteiger partial charge < -0.3 is 10.6 Å². The van der Waals surface area contributed by atoms with Gasteiger partial charge in [0.1, 0.15) is 0 Å². The van der Waals surface area contributed by atoms with Gasteiger partial charge in [0.2, 0.25) is 0 Å². The quantitative estimate of drug-likeness (QED) is 0.873. The van der Waals surface area contributed by atoms with Crippen molar-refractivity contribution in [2.75, 3.05) is 13.1 Å². The third-order valence-electron chi connectivity index (χ3n) is 5.31. The minimum atomic E-state index is -0.0611. The highest BCUT2D eigenvalue weighted by Gasteiger charge is 2.28. The third kappa shape index (κ3) is 4.28. The van der Waals surface area contributed by atoms with Crippen molar-refractivity contribution in [3.05, 3.63) is 11.4 Å². The molecule has 2 unspecified atom stereocenters. The molecule has 1 saturated carbocycles. The van der Waals surface area contributed by atoms with Crippen LogP contribution in [0.2, 0.25) is 0 Å². The Bertz CT molecular complexity index is 545. The lowest BCUT2D eigenvalue weighted by atomic mass is 9.80. The number of amides is 1. The van der Waals surface area contributed by atoms with Crippen molar-refractivity contribution in [1.82, 2.24) is 25.6 Å². The van der Waals surface area contributed by atoms with Crippen LogP contribution in [0.5, 0.6) is 0 Å². The Labute approximate surface area is 150 Å². The molecule has 2 heterocycles. The molecule has 2 fully saturated rings. The van der Waals surface area contributed by atoms with Crippen LogP contribution in [0.4, 0.5) is 0 Å². The van der Waals surface area contributed by atoms with Crippen molar-refractivity contribution in [1.29, 1.82) is 0 Å². The summed E-state index contributed by atoms with van der Waals surface area (Å²) < 4.78 is 1.95. The van der Waals surface area contributed by atoms with Crippen LogP contribution in [0, 0.1) is 18.8 Å². The lowest BCUT2D eigenvalue weighted by Gasteiger charge is -2.31. The van der Waals surface area contributed by atoms with Gasteiger partial charge in [-0.25, -0.2) is 4.68 Å². The van der Waals surface area contributed by atoms with E-state index in [2.05, 4.69) is 34.8 Å². The second-order valence-electron chi connectivity index (χ2n) is 7.54. The minimum absolute atomic E-state index is 0. The molecule has 1 aliphatic heterocycles. The summed E-state index contributed by atoms with van der Waals surface area (Å²) >= 11 is 0. The molecule has 2 atom stereocenters. The normalized spacial score (nSPS) is 28.2. The van der Waals surface area contributed by atoms with E-state index in [0.29, 0.717) is 23.6 Å². The minimum Gasteiger partial charge on any atom is -0.348 e. The standard InChI is InChI=1S/C17H29N5O.ClH/c1-11-8-12(2)10-14(9-11)19-17(23)16-13(3)22(21-20-16)15-4-6-18-7-5-15;/h11-12,14-15,18H,4-10H2,1-3H3,(H,19,23);1H. The fourth-order valence-electron chi connectivity index (χ4n) is 4.27. The van der Waals surface area contributed by atoms with Gasteiger partial charge in [-0.3, -0.25) is 4.79 Å². The SMILES string of the molecule is Cc1c(C(=O)NC2CC(C)CC(C)C2)nnn1C1CCNCC1.Cl. The highest BCUT2D eigenvalue weighted by atomic mass is 35.5. The summed E-state index contributed by atoms with van der Waals surface area (Å²) in [5.74, 6) is 1.29. The smallest absolute Gasteiger partial charge is 0.273 e. The number of rotatable bonds is 3. The highest BCUT2D eigenvalue weighted by molar-refractivity contribution is 5.93. The van der Waals surface area contributed by atoms with E-state index in [1.54, 1.807) is 0 Å². The van der Waals surface area contributed by atoms with Gasteiger partial charge in [-0.2, -0.15) is 0 Å². The maximum absolute atomic E-state index is 12.6. The van der Waals surface area contributed by atoms with E-state index >= 15 is 0 Å². The summed E-state index contributed by atoms with van der Waals surface area (Å²) in [7, 11) is 0. The summed E-state index contributed by atoms with van der Waals surface area (Å²) in [4.78, 5) is 12.6. The van der Waals surface area contributed by atoms with Crippen molar-refractivity contribution < 1.29 is 4.79 Å². The highest BCUT2D eigenvalue weighted by Crippen LogP contribution is 2.28. The topological polar surface area (TPSA) is 71.8 Å². The number of nitrogens with zero attached hydrogens (tertiary/aromatic N) is 3. The molecule has 2 N–H and O–H groups in total. The molecule has 1 aromatic rings. The number of hydrogen-bond donors (Lipinski definition) is 2. The Morgan fingerprint density at radius 2 is 1.79 bits per heavy atom.